The van der Waals surface area contributed by atoms with Crippen molar-refractivity contribution in [3.8, 4) is 5.75 Å². The van der Waals surface area contributed by atoms with Crippen LogP contribution in [-0.4, -0.2) is 55.1 Å². The van der Waals surface area contributed by atoms with Crippen LogP contribution < -0.4 is 15.0 Å². The molecule has 1 aromatic carbocycles. The van der Waals surface area contributed by atoms with Gasteiger partial charge in [0.15, 0.2) is 0 Å². The second-order valence-corrected chi connectivity index (χ2v) is 6.99. The van der Waals surface area contributed by atoms with Crippen LogP contribution in [0, 0.1) is 0 Å². The normalized spacial score (nSPS) is 19.0. The first kappa shape index (κ1) is 18.0. The zero-order chi connectivity index (χ0) is 18.6. The van der Waals surface area contributed by atoms with E-state index in [9.17, 15) is 0 Å². The highest BCUT2D eigenvalue weighted by Crippen LogP contribution is 2.30. The minimum absolute atomic E-state index is 0.0500. The van der Waals surface area contributed by atoms with Crippen LogP contribution in [0.3, 0.4) is 0 Å². The predicted molar refractivity (Wildman–Crippen MR) is 104 cm³/mol. The summed E-state index contributed by atoms with van der Waals surface area (Å²) in [6.07, 6.45) is 1.94. The van der Waals surface area contributed by atoms with Crippen molar-refractivity contribution in [1.29, 1.82) is 0 Å². The van der Waals surface area contributed by atoms with Gasteiger partial charge in [0.1, 0.15) is 11.6 Å². The lowest BCUT2D eigenvalue weighted by Crippen LogP contribution is -2.31. The molecule has 1 fully saturated rings. The van der Waals surface area contributed by atoms with E-state index in [0.29, 0.717) is 25.0 Å². The van der Waals surface area contributed by atoms with Gasteiger partial charge in [0.05, 0.1) is 26.0 Å². The van der Waals surface area contributed by atoms with Crippen LogP contribution >= 0.6 is 0 Å². The first-order valence-electron chi connectivity index (χ1n) is 9.49. The number of fused-ring (bicyclic) bond motifs is 1. The number of aliphatic hydroxyl groups is 1. The molecule has 27 heavy (non-hydrogen) atoms. The maximum absolute atomic E-state index is 9.12. The molecule has 0 radical (unpaired) electrons. The molecule has 1 aromatic heterocycles. The Morgan fingerprint density at radius 2 is 2.22 bits per heavy atom. The van der Waals surface area contributed by atoms with E-state index in [2.05, 4.69) is 33.4 Å². The van der Waals surface area contributed by atoms with E-state index >= 15 is 0 Å². The summed E-state index contributed by atoms with van der Waals surface area (Å²) in [4.78, 5) is 11.6. The SMILES string of the molecule is COc1ccc2c(c1)CCN(c1cc([C@H]3CCOC3)nc(NCCO)n1)C2. The highest BCUT2D eigenvalue weighted by atomic mass is 16.5. The molecule has 2 aliphatic heterocycles. The number of hydrogen-bond donors (Lipinski definition) is 2. The third kappa shape index (κ3) is 3.99. The minimum atomic E-state index is 0.0500. The Morgan fingerprint density at radius 1 is 1.30 bits per heavy atom. The summed E-state index contributed by atoms with van der Waals surface area (Å²) in [5, 5.41) is 12.2. The number of nitrogens with one attached hydrogen (secondary N) is 1. The standard InChI is InChI=1S/C20H26N4O3/c1-26-17-3-2-15-12-24(7-4-14(15)10-17)19-11-18(16-5-9-27-13-16)22-20(23-19)21-6-8-25/h2-3,10-11,16,25H,4-9,12-13H2,1H3,(H,21,22,23)/t16-/m0/s1. The van der Waals surface area contributed by atoms with E-state index in [1.807, 2.05) is 6.07 Å². The predicted octanol–water partition coefficient (Wildman–Crippen LogP) is 1.96. The van der Waals surface area contributed by atoms with Gasteiger partial charge in [0.25, 0.3) is 0 Å². The second kappa shape index (κ2) is 8.10. The van der Waals surface area contributed by atoms with Crippen molar-refractivity contribution >= 4 is 11.8 Å². The summed E-state index contributed by atoms with van der Waals surface area (Å²) in [6, 6.07) is 8.37. The number of ether oxygens (including phenoxy) is 2. The summed E-state index contributed by atoms with van der Waals surface area (Å²) in [5.41, 5.74) is 3.65. The van der Waals surface area contributed by atoms with E-state index in [1.54, 1.807) is 7.11 Å². The lowest BCUT2D eigenvalue weighted by atomic mass is 9.99. The van der Waals surface area contributed by atoms with Gasteiger partial charge in [-0.3, -0.25) is 0 Å². The molecule has 7 heteroatoms. The summed E-state index contributed by atoms with van der Waals surface area (Å²) in [7, 11) is 1.70. The van der Waals surface area contributed by atoms with Crippen LogP contribution in [0.15, 0.2) is 24.3 Å². The molecule has 1 saturated heterocycles. The molecular formula is C20H26N4O3. The van der Waals surface area contributed by atoms with Gasteiger partial charge < -0.3 is 24.8 Å². The molecule has 2 aromatic rings. The summed E-state index contributed by atoms with van der Waals surface area (Å²) >= 11 is 0. The Morgan fingerprint density at radius 3 is 3.00 bits per heavy atom. The molecule has 0 saturated carbocycles. The van der Waals surface area contributed by atoms with Crippen molar-refractivity contribution in [2.75, 3.05) is 50.2 Å². The molecule has 7 nitrogen and oxygen atoms in total. The Kier molecular flexibility index (Phi) is 5.40. The largest absolute Gasteiger partial charge is 0.497 e. The zero-order valence-electron chi connectivity index (χ0n) is 15.6. The molecule has 3 heterocycles. The highest BCUT2D eigenvalue weighted by Gasteiger charge is 2.24. The summed E-state index contributed by atoms with van der Waals surface area (Å²) in [6.45, 7) is 3.69. The maximum Gasteiger partial charge on any atom is 0.224 e. The third-order valence-corrected chi connectivity index (χ3v) is 5.23. The number of benzene rings is 1. The number of aromatic nitrogens is 2. The molecule has 4 rings (SSSR count). The number of nitrogens with zero attached hydrogens (tertiary/aromatic N) is 3. The zero-order valence-corrected chi connectivity index (χ0v) is 15.6. The first-order chi connectivity index (χ1) is 13.3. The van der Waals surface area contributed by atoms with Gasteiger partial charge in [-0.1, -0.05) is 6.07 Å². The second-order valence-electron chi connectivity index (χ2n) is 6.99. The molecule has 2 N–H and O–H groups in total. The third-order valence-electron chi connectivity index (χ3n) is 5.23. The lowest BCUT2D eigenvalue weighted by molar-refractivity contribution is 0.193. The fourth-order valence-electron chi connectivity index (χ4n) is 3.69. The molecule has 0 aliphatic carbocycles. The van der Waals surface area contributed by atoms with E-state index in [-0.39, 0.29) is 6.61 Å². The number of methoxy groups -OCH3 is 1. The van der Waals surface area contributed by atoms with Gasteiger partial charge in [0.2, 0.25) is 5.95 Å². The minimum Gasteiger partial charge on any atom is -0.497 e. The lowest BCUT2D eigenvalue weighted by Gasteiger charge is -2.30. The van der Waals surface area contributed by atoms with E-state index in [1.165, 1.54) is 11.1 Å². The molecule has 2 aliphatic rings. The van der Waals surface area contributed by atoms with Gasteiger partial charge in [-0.15, -0.1) is 0 Å². The highest BCUT2D eigenvalue weighted by molar-refractivity contribution is 5.49. The Balaban J connectivity index is 1.60. The molecule has 144 valence electrons. The average molecular weight is 370 g/mol. The monoisotopic (exact) mass is 370 g/mol. The molecule has 0 amide bonds. The first-order valence-corrected chi connectivity index (χ1v) is 9.49. The van der Waals surface area contributed by atoms with E-state index in [4.69, 9.17) is 19.6 Å². The van der Waals surface area contributed by atoms with Crippen LogP contribution in [0.4, 0.5) is 11.8 Å². The number of hydrogen-bond acceptors (Lipinski definition) is 7. The van der Waals surface area contributed by atoms with Crippen LogP contribution in [0.1, 0.15) is 29.2 Å². The van der Waals surface area contributed by atoms with E-state index in [0.717, 1.165) is 49.8 Å². The van der Waals surface area contributed by atoms with Gasteiger partial charge in [-0.25, -0.2) is 4.98 Å². The van der Waals surface area contributed by atoms with Crippen molar-refractivity contribution in [1.82, 2.24) is 9.97 Å². The Bertz CT molecular complexity index is 793. The quantitative estimate of drug-likeness (QED) is 0.804. The van der Waals surface area contributed by atoms with Crippen molar-refractivity contribution in [3.63, 3.8) is 0 Å². The Hall–Kier alpha value is -2.38. The van der Waals surface area contributed by atoms with Crippen LogP contribution in [0.5, 0.6) is 5.75 Å². The molecule has 0 unspecified atom stereocenters. The van der Waals surface area contributed by atoms with Gasteiger partial charge in [-0.2, -0.15) is 4.98 Å². The van der Waals surface area contributed by atoms with Gasteiger partial charge >= 0.3 is 0 Å². The maximum atomic E-state index is 9.12. The Labute approximate surface area is 159 Å². The number of rotatable bonds is 6. The summed E-state index contributed by atoms with van der Waals surface area (Å²) < 4.78 is 10.9. The molecule has 0 bridgehead atoms. The van der Waals surface area contributed by atoms with Crippen molar-refractivity contribution in [3.05, 3.63) is 41.1 Å². The van der Waals surface area contributed by atoms with Crippen LogP contribution in [0.2, 0.25) is 0 Å². The van der Waals surface area contributed by atoms with Crippen LogP contribution in [-0.2, 0) is 17.7 Å². The fraction of sp³-hybridized carbons (Fsp3) is 0.500. The smallest absolute Gasteiger partial charge is 0.224 e. The van der Waals surface area contributed by atoms with Gasteiger partial charge in [-0.05, 0) is 36.1 Å². The average Bonchev–Trinajstić information content (AvgIpc) is 3.26. The molecular weight excluding hydrogens is 344 g/mol. The van der Waals surface area contributed by atoms with Gasteiger partial charge in [0, 0.05) is 38.2 Å². The molecule has 1 atom stereocenters. The van der Waals surface area contributed by atoms with Crippen molar-refractivity contribution in [2.45, 2.75) is 25.3 Å². The summed E-state index contributed by atoms with van der Waals surface area (Å²) in [5.74, 6) is 2.71. The number of aliphatic hydroxyl groups excluding tert-OH is 1. The fourth-order valence-corrected chi connectivity index (χ4v) is 3.69. The topological polar surface area (TPSA) is 79.7 Å². The van der Waals surface area contributed by atoms with Crippen molar-refractivity contribution in [2.24, 2.45) is 0 Å². The van der Waals surface area contributed by atoms with E-state index < -0.39 is 0 Å². The number of anilines is 2. The van der Waals surface area contributed by atoms with Crippen LogP contribution in [0.25, 0.3) is 0 Å². The molecule has 0 spiro atoms. The van der Waals surface area contributed by atoms with Crippen molar-refractivity contribution < 1.29 is 14.6 Å².